The van der Waals surface area contributed by atoms with Crippen molar-refractivity contribution in [3.8, 4) is 5.75 Å². The lowest BCUT2D eigenvalue weighted by atomic mass is 9.89. The fraction of sp³-hybridized carbons (Fsp3) is 0.412. The molecule has 0 fully saturated rings. The second-order valence-electron chi connectivity index (χ2n) is 5.98. The van der Waals surface area contributed by atoms with Gasteiger partial charge >= 0.3 is 0 Å². The molecule has 3 heteroatoms. The summed E-state index contributed by atoms with van der Waals surface area (Å²) >= 11 is 0. The van der Waals surface area contributed by atoms with Gasteiger partial charge in [0.15, 0.2) is 0 Å². The van der Waals surface area contributed by atoms with E-state index >= 15 is 0 Å². The number of fused-ring (bicyclic) bond motifs is 2. The van der Waals surface area contributed by atoms with Crippen LogP contribution in [-0.2, 0) is 6.54 Å². The second kappa shape index (κ2) is 4.98. The number of benzene rings is 1. The number of hydrogen-bond acceptors (Lipinski definition) is 3. The zero-order chi connectivity index (χ0) is 14.3. The van der Waals surface area contributed by atoms with Crippen LogP contribution in [0.2, 0.25) is 0 Å². The summed E-state index contributed by atoms with van der Waals surface area (Å²) in [5.74, 6) is 0.806. The molecule has 0 amide bonds. The van der Waals surface area contributed by atoms with Crippen LogP contribution >= 0.6 is 0 Å². The van der Waals surface area contributed by atoms with Gasteiger partial charge in [-0.1, -0.05) is 6.07 Å². The molecule has 3 rings (SSSR count). The van der Waals surface area contributed by atoms with Crippen LogP contribution in [0.4, 0.5) is 0 Å². The smallest absolute Gasteiger partial charge is 0.115 e. The number of allylic oxidation sites excluding steroid dienone is 2. The molecule has 3 nitrogen and oxygen atoms in total. The normalized spacial score (nSPS) is 19.4. The largest absolute Gasteiger partial charge is 0.512 e. The molecule has 20 heavy (non-hydrogen) atoms. The van der Waals surface area contributed by atoms with Crippen molar-refractivity contribution in [2.45, 2.75) is 39.3 Å². The number of rotatable bonds is 1. The van der Waals surface area contributed by atoms with Crippen LogP contribution in [0, 0.1) is 0 Å². The van der Waals surface area contributed by atoms with Crippen LogP contribution < -0.4 is 0 Å². The zero-order valence-corrected chi connectivity index (χ0v) is 12.1. The minimum atomic E-state index is 0.325. The summed E-state index contributed by atoms with van der Waals surface area (Å²) in [5, 5.41) is 19.6. The molecular formula is C17H21NO2. The molecule has 0 bridgehead atoms. The number of aromatic hydroxyl groups is 1. The van der Waals surface area contributed by atoms with Gasteiger partial charge in [0, 0.05) is 25.6 Å². The third kappa shape index (κ3) is 2.34. The van der Waals surface area contributed by atoms with Crippen molar-refractivity contribution in [3.63, 3.8) is 0 Å². The van der Waals surface area contributed by atoms with Gasteiger partial charge < -0.3 is 10.2 Å². The Morgan fingerprint density at radius 1 is 1.10 bits per heavy atom. The summed E-state index contributed by atoms with van der Waals surface area (Å²) in [6.07, 6.45) is 3.51. The van der Waals surface area contributed by atoms with Crippen LogP contribution in [0.15, 0.2) is 35.6 Å². The lowest BCUT2D eigenvalue weighted by Gasteiger charge is -2.26. The van der Waals surface area contributed by atoms with Gasteiger partial charge in [-0.05, 0) is 60.8 Å². The molecule has 1 aliphatic heterocycles. The molecule has 0 radical (unpaired) electrons. The van der Waals surface area contributed by atoms with Crippen LogP contribution in [0.3, 0.4) is 0 Å². The number of phenolic OH excluding ortho intramolecular Hbond substituents is 1. The molecule has 106 valence electrons. The van der Waals surface area contributed by atoms with Crippen molar-refractivity contribution in [1.82, 2.24) is 4.90 Å². The molecule has 1 aromatic carbocycles. The first-order valence-corrected chi connectivity index (χ1v) is 7.22. The van der Waals surface area contributed by atoms with Gasteiger partial charge in [0.2, 0.25) is 0 Å². The van der Waals surface area contributed by atoms with Crippen molar-refractivity contribution in [1.29, 1.82) is 0 Å². The quantitative estimate of drug-likeness (QED) is 0.820. The highest BCUT2D eigenvalue weighted by Crippen LogP contribution is 2.37. The van der Waals surface area contributed by atoms with E-state index in [0.717, 1.165) is 19.5 Å². The summed E-state index contributed by atoms with van der Waals surface area (Å²) in [4.78, 5) is 2.37. The number of aliphatic hydroxyl groups excluding tert-OH is 1. The Hall–Kier alpha value is -1.74. The van der Waals surface area contributed by atoms with Gasteiger partial charge in [-0.15, -0.1) is 0 Å². The van der Waals surface area contributed by atoms with Gasteiger partial charge in [0.05, 0.1) is 5.76 Å². The summed E-state index contributed by atoms with van der Waals surface area (Å²) < 4.78 is 0. The van der Waals surface area contributed by atoms with E-state index in [9.17, 15) is 10.2 Å². The Labute approximate surface area is 119 Å². The number of hydrogen-bond donors (Lipinski definition) is 2. The molecule has 0 unspecified atom stereocenters. The maximum absolute atomic E-state index is 9.83. The van der Waals surface area contributed by atoms with E-state index in [1.807, 2.05) is 18.2 Å². The average Bonchev–Trinajstić information content (AvgIpc) is 2.54. The highest BCUT2D eigenvalue weighted by molar-refractivity contribution is 5.76. The minimum Gasteiger partial charge on any atom is -0.512 e. The Balaban J connectivity index is 2.14. The molecule has 1 aromatic rings. The molecule has 0 saturated heterocycles. The number of aliphatic hydroxyl groups is 1. The van der Waals surface area contributed by atoms with E-state index in [0.29, 0.717) is 24.0 Å². The van der Waals surface area contributed by atoms with Crippen LogP contribution in [0.1, 0.15) is 37.8 Å². The Bertz CT molecular complexity index is 599. The van der Waals surface area contributed by atoms with Gasteiger partial charge in [-0.25, -0.2) is 0 Å². The summed E-state index contributed by atoms with van der Waals surface area (Å²) in [6.45, 7) is 6.05. The lowest BCUT2D eigenvalue weighted by molar-refractivity contribution is 0.234. The first-order chi connectivity index (χ1) is 9.54. The van der Waals surface area contributed by atoms with E-state index < -0.39 is 0 Å². The minimum absolute atomic E-state index is 0.325. The maximum atomic E-state index is 9.83. The number of nitrogens with zero attached hydrogens (tertiary/aromatic N) is 1. The van der Waals surface area contributed by atoms with Crippen LogP contribution in [0.5, 0.6) is 5.75 Å². The fourth-order valence-corrected chi connectivity index (χ4v) is 3.09. The van der Waals surface area contributed by atoms with Crippen molar-refractivity contribution < 1.29 is 10.2 Å². The third-order valence-corrected chi connectivity index (χ3v) is 4.25. The van der Waals surface area contributed by atoms with E-state index in [4.69, 9.17) is 0 Å². The van der Waals surface area contributed by atoms with E-state index in [-0.39, 0.29) is 0 Å². The van der Waals surface area contributed by atoms with Gasteiger partial charge in [0.1, 0.15) is 5.75 Å². The molecular weight excluding hydrogens is 250 g/mol. The average molecular weight is 271 g/mol. The highest BCUT2D eigenvalue weighted by atomic mass is 16.3. The van der Waals surface area contributed by atoms with Crippen LogP contribution in [-0.4, -0.2) is 27.7 Å². The molecule has 1 heterocycles. The van der Waals surface area contributed by atoms with Gasteiger partial charge in [0.25, 0.3) is 0 Å². The molecule has 0 spiro atoms. The van der Waals surface area contributed by atoms with Crippen molar-refractivity contribution in [2.24, 2.45) is 0 Å². The monoisotopic (exact) mass is 271 g/mol. The summed E-state index contributed by atoms with van der Waals surface area (Å²) in [6, 6.07) is 6.07. The van der Waals surface area contributed by atoms with Crippen molar-refractivity contribution >= 4 is 5.57 Å². The van der Waals surface area contributed by atoms with Gasteiger partial charge in [-0.3, -0.25) is 4.90 Å². The zero-order valence-electron chi connectivity index (χ0n) is 12.1. The molecule has 0 aromatic heterocycles. The van der Waals surface area contributed by atoms with Gasteiger partial charge in [-0.2, -0.15) is 0 Å². The predicted octanol–water partition coefficient (Wildman–Crippen LogP) is 3.61. The molecule has 0 saturated carbocycles. The van der Waals surface area contributed by atoms with E-state index in [2.05, 4.69) is 18.7 Å². The fourth-order valence-electron chi connectivity index (χ4n) is 3.09. The predicted molar refractivity (Wildman–Crippen MR) is 80.5 cm³/mol. The Kier molecular flexibility index (Phi) is 3.30. The van der Waals surface area contributed by atoms with Crippen molar-refractivity contribution in [3.05, 3.63) is 46.7 Å². The van der Waals surface area contributed by atoms with E-state index in [1.54, 1.807) is 6.07 Å². The van der Waals surface area contributed by atoms with E-state index in [1.165, 1.54) is 22.3 Å². The van der Waals surface area contributed by atoms with Crippen LogP contribution in [0.25, 0.3) is 5.57 Å². The molecule has 0 atom stereocenters. The number of phenols is 1. The topological polar surface area (TPSA) is 43.7 Å². The molecule has 1 aliphatic carbocycles. The third-order valence-electron chi connectivity index (χ3n) is 4.25. The summed E-state index contributed by atoms with van der Waals surface area (Å²) in [7, 11) is 0. The lowest BCUT2D eigenvalue weighted by Crippen LogP contribution is -2.31. The SMILES string of the molecule is CC(C)N1CC2=C(CCC(O)=C2)c2ccc(O)cc2C1. The van der Waals surface area contributed by atoms with Crippen molar-refractivity contribution in [2.75, 3.05) is 6.54 Å². The standard InChI is InChI=1S/C17H21NO2/c1-11(2)18-9-12-7-14(19)3-5-16(12)17-6-4-15(20)8-13(17)10-18/h3,5,7-8,11,19-20H,4,6,9-10H2,1-2H3. The second-order valence-corrected chi connectivity index (χ2v) is 5.98. The Morgan fingerprint density at radius 3 is 2.65 bits per heavy atom. The first-order valence-electron chi connectivity index (χ1n) is 7.22. The molecule has 2 N–H and O–H groups in total. The molecule has 2 aliphatic rings. The Morgan fingerprint density at radius 2 is 1.90 bits per heavy atom. The highest BCUT2D eigenvalue weighted by Gasteiger charge is 2.24. The summed E-state index contributed by atoms with van der Waals surface area (Å²) in [5.41, 5.74) is 4.94. The first kappa shape index (κ1) is 13.3. The maximum Gasteiger partial charge on any atom is 0.115 e.